The second-order valence-electron chi connectivity index (χ2n) is 3.15. The summed E-state index contributed by atoms with van der Waals surface area (Å²) in [4.78, 5) is 0. The van der Waals surface area contributed by atoms with Crippen LogP contribution in [0.15, 0.2) is 30.3 Å². The maximum absolute atomic E-state index is 9.58. The molecule has 6 heteroatoms. The lowest BCUT2D eigenvalue weighted by atomic mass is 10.4. The SMILES string of the molecule is C1CCOC1.F[C](F)F.[Br][Mg][c]1ccccc1. The molecule has 1 radical (unpaired) electrons. The summed E-state index contributed by atoms with van der Waals surface area (Å²) in [7, 11) is 0. The maximum Gasteiger partial charge on any atom is 0.506 e. The predicted molar refractivity (Wildman–Crippen MR) is 67.4 cm³/mol. The quantitative estimate of drug-likeness (QED) is 0.720. The summed E-state index contributed by atoms with van der Waals surface area (Å²) < 4.78 is 35.2. The molecule has 17 heavy (non-hydrogen) atoms. The third-order valence-corrected chi connectivity index (χ3v) is 4.55. The van der Waals surface area contributed by atoms with Crippen LogP contribution in [0.25, 0.3) is 0 Å². The lowest BCUT2D eigenvalue weighted by Crippen LogP contribution is -2.05. The van der Waals surface area contributed by atoms with Crippen LogP contribution in [0.5, 0.6) is 0 Å². The minimum Gasteiger partial charge on any atom is -0.381 e. The van der Waals surface area contributed by atoms with Gasteiger partial charge in [-0.3, -0.25) is 12.9 Å². The Morgan fingerprint density at radius 1 is 1.06 bits per heavy atom. The van der Waals surface area contributed by atoms with Gasteiger partial charge in [0.1, 0.15) is 0 Å². The number of hydrogen-bond donors (Lipinski definition) is 0. The van der Waals surface area contributed by atoms with Gasteiger partial charge in [0.25, 0.3) is 0 Å². The minimum absolute atomic E-state index is 0.0962. The van der Waals surface area contributed by atoms with Gasteiger partial charge < -0.3 is 4.74 Å². The van der Waals surface area contributed by atoms with Gasteiger partial charge in [0.05, 0.1) is 0 Å². The summed E-state index contributed by atoms with van der Waals surface area (Å²) in [5.41, 5.74) is 0. The molecule has 0 atom stereocenters. The molecule has 1 aromatic rings. The Kier molecular flexibility index (Phi) is 12.8. The van der Waals surface area contributed by atoms with Gasteiger partial charge in [-0.15, -0.1) is 0 Å². The van der Waals surface area contributed by atoms with Gasteiger partial charge in [-0.1, -0.05) is 30.3 Å². The first kappa shape index (κ1) is 17.2. The number of benzene rings is 1. The van der Waals surface area contributed by atoms with Crippen molar-refractivity contribution in [1.82, 2.24) is 0 Å². The smallest absolute Gasteiger partial charge is 0.381 e. The highest BCUT2D eigenvalue weighted by Gasteiger charge is 1.94. The summed E-state index contributed by atoms with van der Waals surface area (Å²) >= 11 is 3.40. The fourth-order valence-corrected chi connectivity index (χ4v) is 2.65. The molecule has 0 unspecified atom stereocenters. The highest BCUT2D eigenvalue weighted by molar-refractivity contribution is 9.23. The molecular weight excluding hydrogens is 309 g/mol. The van der Waals surface area contributed by atoms with Crippen molar-refractivity contribution in [1.29, 1.82) is 0 Å². The van der Waals surface area contributed by atoms with E-state index in [-0.39, 0.29) is 18.2 Å². The zero-order chi connectivity index (χ0) is 12.9. The molecule has 0 aliphatic carbocycles. The van der Waals surface area contributed by atoms with Crippen molar-refractivity contribution in [2.75, 3.05) is 13.2 Å². The largest absolute Gasteiger partial charge is 0.506 e. The molecule has 0 spiro atoms. The third-order valence-electron chi connectivity index (χ3n) is 1.82. The Morgan fingerprint density at radius 3 is 1.76 bits per heavy atom. The maximum atomic E-state index is 9.58. The zero-order valence-electron chi connectivity index (χ0n) is 9.34. The molecule has 1 aliphatic rings. The summed E-state index contributed by atoms with van der Waals surface area (Å²) in [5.74, 6) is 0. The van der Waals surface area contributed by atoms with Crippen LogP contribution >= 0.6 is 12.9 Å². The molecule has 1 saturated heterocycles. The van der Waals surface area contributed by atoms with Gasteiger partial charge in [0.15, 0.2) is 0 Å². The highest BCUT2D eigenvalue weighted by atomic mass is 79.9. The molecule has 0 bridgehead atoms. The van der Waals surface area contributed by atoms with Crippen molar-refractivity contribution in [2.24, 2.45) is 0 Å². The Morgan fingerprint density at radius 2 is 1.53 bits per heavy atom. The lowest BCUT2D eigenvalue weighted by molar-refractivity contribution is 0.142. The van der Waals surface area contributed by atoms with Gasteiger partial charge in [-0.25, -0.2) is 0 Å². The van der Waals surface area contributed by atoms with Crippen molar-refractivity contribution < 1.29 is 17.9 Å². The molecule has 1 aromatic carbocycles. The van der Waals surface area contributed by atoms with Gasteiger partial charge in [-0.2, -0.15) is 16.9 Å². The number of halogens is 4. The van der Waals surface area contributed by atoms with E-state index in [0.717, 1.165) is 13.2 Å². The molecule has 1 fully saturated rings. The number of rotatable bonds is 1. The number of hydrogen-bond acceptors (Lipinski definition) is 1. The van der Waals surface area contributed by atoms with Crippen molar-refractivity contribution >= 4 is 34.8 Å². The second-order valence-corrected chi connectivity index (χ2v) is 5.92. The van der Waals surface area contributed by atoms with Crippen LogP contribution in [0.4, 0.5) is 13.2 Å². The molecule has 1 heterocycles. The van der Waals surface area contributed by atoms with Gasteiger partial charge >= 0.3 is 24.9 Å². The lowest BCUT2D eigenvalue weighted by Gasteiger charge is -1.87. The first-order valence-corrected chi connectivity index (χ1v) is 9.78. The minimum atomic E-state index is -3.08. The van der Waals surface area contributed by atoms with E-state index in [1.54, 1.807) is 0 Å². The van der Waals surface area contributed by atoms with Gasteiger partial charge in [0, 0.05) is 13.2 Å². The Hall–Kier alpha value is 0.216. The monoisotopic (exact) mass is 321 g/mol. The van der Waals surface area contributed by atoms with Gasteiger partial charge in [-0.05, 0) is 12.8 Å². The van der Waals surface area contributed by atoms with E-state index >= 15 is 0 Å². The first-order chi connectivity index (χ1) is 8.16. The van der Waals surface area contributed by atoms with Crippen molar-refractivity contribution in [3.8, 4) is 0 Å². The molecule has 0 saturated carbocycles. The van der Waals surface area contributed by atoms with Crippen LogP contribution in [0, 0.1) is 6.68 Å². The Labute approximate surface area is 115 Å². The van der Waals surface area contributed by atoms with Gasteiger partial charge in [0.2, 0.25) is 0 Å². The first-order valence-electron chi connectivity index (χ1n) is 5.18. The Balaban J connectivity index is 0.000000246. The van der Waals surface area contributed by atoms with Crippen LogP contribution < -0.4 is 3.69 Å². The molecule has 1 aliphatic heterocycles. The summed E-state index contributed by atoms with van der Waals surface area (Å²) in [5, 5.41) is 0. The summed E-state index contributed by atoms with van der Waals surface area (Å²) in [6, 6.07) is 10.5. The third kappa shape index (κ3) is 14.2. The van der Waals surface area contributed by atoms with E-state index < -0.39 is 6.68 Å². The van der Waals surface area contributed by atoms with E-state index in [1.165, 1.54) is 16.5 Å². The Bertz CT molecular complexity index is 248. The van der Waals surface area contributed by atoms with Crippen LogP contribution in [0.1, 0.15) is 12.8 Å². The fraction of sp³-hybridized carbons (Fsp3) is 0.364. The van der Waals surface area contributed by atoms with E-state index in [2.05, 4.69) is 37.1 Å². The summed E-state index contributed by atoms with van der Waals surface area (Å²) in [6.45, 7) is -1.08. The zero-order valence-corrected chi connectivity index (χ0v) is 12.3. The standard InChI is InChI=1S/C6H5.C4H8O.CF3.BrH.Mg/c1-2-4-6-5-3-1;1-2-4-5-3-1;2-1(3)4;;/h1-5H;1-4H2;;1H;/q;;;;+1/p-1. The normalized spacial score (nSPS) is 13.0. The average molecular weight is 322 g/mol. The van der Waals surface area contributed by atoms with E-state index in [1.807, 2.05) is 6.07 Å². The van der Waals surface area contributed by atoms with Crippen molar-refractivity contribution in [3.05, 3.63) is 37.0 Å². The van der Waals surface area contributed by atoms with E-state index in [0.29, 0.717) is 0 Å². The van der Waals surface area contributed by atoms with E-state index in [4.69, 9.17) is 4.74 Å². The fourth-order valence-electron chi connectivity index (χ4n) is 1.08. The average Bonchev–Trinajstić information content (AvgIpc) is 2.88. The molecule has 0 aromatic heterocycles. The topological polar surface area (TPSA) is 9.23 Å². The highest BCUT2D eigenvalue weighted by Crippen LogP contribution is 1.99. The van der Waals surface area contributed by atoms with Crippen LogP contribution in [0.2, 0.25) is 0 Å². The van der Waals surface area contributed by atoms with E-state index in [9.17, 15) is 13.2 Å². The summed E-state index contributed by atoms with van der Waals surface area (Å²) in [6.07, 6.45) is 2.56. The van der Waals surface area contributed by atoms with Crippen LogP contribution in [-0.4, -0.2) is 31.4 Å². The molecule has 0 amide bonds. The molecule has 1 nitrogen and oxygen atoms in total. The second kappa shape index (κ2) is 12.7. The van der Waals surface area contributed by atoms with Crippen LogP contribution in [-0.2, 0) is 4.74 Å². The van der Waals surface area contributed by atoms with Crippen molar-refractivity contribution in [2.45, 2.75) is 12.8 Å². The van der Waals surface area contributed by atoms with Crippen LogP contribution in [0.3, 0.4) is 0 Å². The molecule has 0 N–H and O–H groups in total. The molecular formula is C11H13BrF3MgO. The number of ether oxygens (including phenoxy) is 1. The van der Waals surface area contributed by atoms with Crippen molar-refractivity contribution in [3.63, 3.8) is 0 Å². The molecule has 2 rings (SSSR count). The molecule has 93 valence electrons. The predicted octanol–water partition coefficient (Wildman–Crippen LogP) is 3.46.